The van der Waals surface area contributed by atoms with Crippen molar-refractivity contribution in [1.82, 2.24) is 10.3 Å². The Morgan fingerprint density at radius 2 is 1.90 bits per heavy atom. The van der Waals surface area contributed by atoms with Crippen LogP contribution in [0.2, 0.25) is 5.02 Å². The number of rotatable bonds is 6. The van der Waals surface area contributed by atoms with Crippen molar-refractivity contribution in [3.05, 3.63) is 47.2 Å². The fourth-order valence-corrected chi connectivity index (χ4v) is 4.27. The third kappa shape index (κ3) is 4.59. The highest BCUT2D eigenvalue weighted by Crippen LogP contribution is 2.35. The fourth-order valence-electron chi connectivity index (χ4n) is 4.01. The lowest BCUT2D eigenvalue weighted by Crippen LogP contribution is -2.56. The summed E-state index contributed by atoms with van der Waals surface area (Å²) in [7, 11) is 2.91. The molecule has 0 bridgehead atoms. The van der Waals surface area contributed by atoms with Gasteiger partial charge in [-0.05, 0) is 55.4 Å². The molecule has 1 heterocycles. The summed E-state index contributed by atoms with van der Waals surface area (Å²) in [5.74, 6) is 0.412. The number of nitrogens with one attached hydrogen (secondary N) is 1. The minimum Gasteiger partial charge on any atom is -0.495 e. The quantitative estimate of drug-likeness (QED) is 0.675. The molecule has 1 fully saturated rings. The molecule has 0 aliphatic heterocycles. The van der Waals surface area contributed by atoms with Crippen LogP contribution in [0.25, 0.3) is 11.1 Å². The van der Waals surface area contributed by atoms with E-state index >= 15 is 0 Å². The number of methoxy groups -OCH3 is 2. The Bertz CT molecular complexity index is 923. The van der Waals surface area contributed by atoms with Gasteiger partial charge in [-0.2, -0.15) is 0 Å². The van der Waals surface area contributed by atoms with E-state index in [0.717, 1.165) is 30.4 Å². The van der Waals surface area contributed by atoms with Crippen LogP contribution in [0.4, 0.5) is 0 Å². The van der Waals surface area contributed by atoms with E-state index in [9.17, 15) is 9.59 Å². The van der Waals surface area contributed by atoms with E-state index in [2.05, 4.69) is 17.2 Å². The van der Waals surface area contributed by atoms with Gasteiger partial charge in [0.2, 0.25) is 0 Å². The lowest BCUT2D eigenvalue weighted by atomic mass is 9.75. The summed E-state index contributed by atoms with van der Waals surface area (Å²) >= 11 is 6.23. The maximum absolute atomic E-state index is 13.0. The molecule has 30 heavy (non-hydrogen) atoms. The van der Waals surface area contributed by atoms with Crippen LogP contribution >= 0.6 is 11.6 Å². The molecule has 1 saturated carbocycles. The zero-order valence-electron chi connectivity index (χ0n) is 17.5. The first-order chi connectivity index (χ1) is 14.4. The zero-order chi connectivity index (χ0) is 21.7. The van der Waals surface area contributed by atoms with Gasteiger partial charge in [-0.25, -0.2) is 4.79 Å². The summed E-state index contributed by atoms with van der Waals surface area (Å²) in [4.78, 5) is 29.8. The van der Waals surface area contributed by atoms with Crippen molar-refractivity contribution in [2.24, 2.45) is 5.92 Å². The third-order valence-electron chi connectivity index (χ3n) is 5.95. The molecule has 1 aliphatic carbocycles. The van der Waals surface area contributed by atoms with E-state index in [0.29, 0.717) is 35.1 Å². The predicted molar refractivity (Wildman–Crippen MR) is 116 cm³/mol. The van der Waals surface area contributed by atoms with E-state index in [-0.39, 0.29) is 5.91 Å². The number of hydrogen-bond donors (Lipinski definition) is 1. The second-order valence-electron chi connectivity index (χ2n) is 7.69. The van der Waals surface area contributed by atoms with Crippen LogP contribution < -0.4 is 10.1 Å². The van der Waals surface area contributed by atoms with Crippen molar-refractivity contribution in [3.63, 3.8) is 0 Å². The van der Waals surface area contributed by atoms with Gasteiger partial charge in [-0.1, -0.05) is 31.0 Å². The maximum atomic E-state index is 13.0. The summed E-state index contributed by atoms with van der Waals surface area (Å²) in [5, 5.41) is 3.43. The zero-order valence-corrected chi connectivity index (χ0v) is 18.3. The Morgan fingerprint density at radius 1 is 1.17 bits per heavy atom. The molecule has 160 valence electrons. The van der Waals surface area contributed by atoms with Gasteiger partial charge in [-0.3, -0.25) is 9.78 Å². The molecule has 1 aromatic heterocycles. The van der Waals surface area contributed by atoms with Gasteiger partial charge >= 0.3 is 5.97 Å². The van der Waals surface area contributed by atoms with Crippen LogP contribution in [0, 0.1) is 5.92 Å². The van der Waals surface area contributed by atoms with Gasteiger partial charge in [0, 0.05) is 18.0 Å². The number of halogens is 1. The Balaban J connectivity index is 1.83. The van der Waals surface area contributed by atoms with Gasteiger partial charge in [-0.15, -0.1) is 0 Å². The number of nitrogens with zero attached hydrogens (tertiary/aromatic N) is 1. The molecule has 0 atom stereocenters. The highest BCUT2D eigenvalue weighted by Gasteiger charge is 2.44. The Labute approximate surface area is 181 Å². The summed E-state index contributed by atoms with van der Waals surface area (Å²) < 4.78 is 10.2. The number of pyridine rings is 1. The number of aromatic nitrogens is 1. The molecule has 1 N–H and O–H groups in total. The summed E-state index contributed by atoms with van der Waals surface area (Å²) in [6, 6.07) is 7.12. The third-order valence-corrected chi connectivity index (χ3v) is 6.25. The monoisotopic (exact) mass is 430 g/mol. The lowest BCUT2D eigenvalue weighted by molar-refractivity contribution is -0.150. The van der Waals surface area contributed by atoms with Gasteiger partial charge in [0.25, 0.3) is 5.91 Å². The van der Waals surface area contributed by atoms with Gasteiger partial charge in [0.05, 0.1) is 24.8 Å². The summed E-state index contributed by atoms with van der Waals surface area (Å²) in [6.07, 6.45) is 7.14. The Kier molecular flexibility index (Phi) is 6.98. The Hall–Kier alpha value is -2.60. The molecule has 1 aliphatic rings. The largest absolute Gasteiger partial charge is 0.495 e. The predicted octanol–water partition coefficient (Wildman–Crippen LogP) is 4.65. The van der Waals surface area contributed by atoms with E-state index in [1.807, 2.05) is 6.07 Å². The number of amides is 1. The van der Waals surface area contributed by atoms with E-state index in [4.69, 9.17) is 21.1 Å². The molecule has 6 nitrogen and oxygen atoms in total. The van der Waals surface area contributed by atoms with E-state index in [1.165, 1.54) is 13.3 Å². The maximum Gasteiger partial charge on any atom is 0.331 e. The first-order valence-corrected chi connectivity index (χ1v) is 10.5. The molecule has 3 rings (SSSR count). The number of hydrogen-bond acceptors (Lipinski definition) is 5. The average molecular weight is 431 g/mol. The topological polar surface area (TPSA) is 77.5 Å². The second-order valence-corrected chi connectivity index (χ2v) is 8.10. The van der Waals surface area contributed by atoms with Crippen LogP contribution in [0.15, 0.2) is 36.7 Å². The van der Waals surface area contributed by atoms with Crippen molar-refractivity contribution in [2.45, 2.75) is 44.6 Å². The highest BCUT2D eigenvalue weighted by molar-refractivity contribution is 6.32. The van der Waals surface area contributed by atoms with Gasteiger partial charge in [0.1, 0.15) is 11.3 Å². The highest BCUT2D eigenvalue weighted by atomic mass is 35.5. The number of esters is 1. The molecule has 0 radical (unpaired) electrons. The molecule has 0 spiro atoms. The normalized spacial score (nSPS) is 21.0. The van der Waals surface area contributed by atoms with Crippen LogP contribution in [0.5, 0.6) is 5.75 Å². The summed E-state index contributed by atoms with van der Waals surface area (Å²) in [5.41, 5.74) is 0.945. The smallest absolute Gasteiger partial charge is 0.331 e. The lowest BCUT2D eigenvalue weighted by Gasteiger charge is -2.38. The minimum absolute atomic E-state index is 0.343. The average Bonchev–Trinajstić information content (AvgIpc) is 2.79. The fraction of sp³-hybridized carbons (Fsp3) is 0.435. The standard InChI is InChI=1S/C23H27ClN2O4/c1-4-15-7-9-23(10-8-15,22(28)30-3)26-21(27)18-11-17(13-25-14-18)16-5-6-20(29-2)19(24)12-16/h5-6,11-15H,4,7-10H2,1-3H3,(H,26,27). The van der Waals surface area contributed by atoms with Crippen LogP contribution in [-0.4, -0.2) is 36.6 Å². The molecular formula is C23H27ClN2O4. The molecule has 0 saturated heterocycles. The van der Waals surface area contributed by atoms with Crippen molar-refractivity contribution in [2.75, 3.05) is 14.2 Å². The van der Waals surface area contributed by atoms with Crippen molar-refractivity contribution in [3.8, 4) is 16.9 Å². The molecule has 1 aromatic carbocycles. The van der Waals surface area contributed by atoms with Crippen LogP contribution in [0.3, 0.4) is 0 Å². The number of benzene rings is 1. The number of carbonyl (C=O) groups is 2. The van der Waals surface area contributed by atoms with Gasteiger partial charge < -0.3 is 14.8 Å². The molecule has 2 aromatic rings. The molecule has 7 heteroatoms. The first-order valence-electron chi connectivity index (χ1n) is 10.1. The van der Waals surface area contributed by atoms with E-state index < -0.39 is 11.5 Å². The second kappa shape index (κ2) is 9.47. The number of carbonyl (C=O) groups excluding carboxylic acids is 2. The Morgan fingerprint density at radius 3 is 2.50 bits per heavy atom. The van der Waals surface area contributed by atoms with E-state index in [1.54, 1.807) is 31.5 Å². The van der Waals surface area contributed by atoms with Crippen molar-refractivity contribution >= 4 is 23.5 Å². The van der Waals surface area contributed by atoms with Crippen LogP contribution in [-0.2, 0) is 9.53 Å². The molecular weight excluding hydrogens is 404 g/mol. The van der Waals surface area contributed by atoms with Crippen molar-refractivity contribution in [1.29, 1.82) is 0 Å². The van der Waals surface area contributed by atoms with Gasteiger partial charge in [0.15, 0.2) is 0 Å². The van der Waals surface area contributed by atoms with Crippen LogP contribution in [0.1, 0.15) is 49.4 Å². The number of ether oxygens (including phenoxy) is 2. The first kappa shape index (κ1) is 22.1. The van der Waals surface area contributed by atoms with Crippen molar-refractivity contribution < 1.29 is 19.1 Å². The minimum atomic E-state index is -0.989. The molecule has 0 unspecified atom stereocenters. The molecule has 1 amide bonds. The SMILES string of the molecule is CCC1CCC(NC(=O)c2cncc(-c3ccc(OC)c(Cl)c3)c2)(C(=O)OC)CC1. The summed E-state index contributed by atoms with van der Waals surface area (Å²) in [6.45, 7) is 2.15.